The number of nitrogens with one attached hydrogen (secondary N) is 1. The highest BCUT2D eigenvalue weighted by Gasteiger charge is 2.39. The van der Waals surface area contributed by atoms with Crippen LogP contribution in [0.3, 0.4) is 0 Å². The quantitative estimate of drug-likeness (QED) is 0.825. The van der Waals surface area contributed by atoms with Crippen molar-refractivity contribution in [3.63, 3.8) is 0 Å². The number of rotatable bonds is 3. The highest BCUT2D eigenvalue weighted by molar-refractivity contribution is 6.53. The van der Waals surface area contributed by atoms with E-state index in [9.17, 15) is 9.59 Å². The summed E-state index contributed by atoms with van der Waals surface area (Å²) in [5.41, 5.74) is 3.09. The molecule has 2 amide bonds. The van der Waals surface area contributed by atoms with E-state index in [1.54, 1.807) is 30.3 Å². The Morgan fingerprint density at radius 2 is 1.58 bits per heavy atom. The van der Waals surface area contributed by atoms with E-state index in [4.69, 9.17) is 23.2 Å². The summed E-state index contributed by atoms with van der Waals surface area (Å²) in [6, 6.07) is 12.3. The molecule has 0 radical (unpaired) electrons. The molecule has 1 N–H and O–H groups in total. The van der Waals surface area contributed by atoms with Crippen molar-refractivity contribution in [1.82, 2.24) is 0 Å². The topological polar surface area (TPSA) is 49.4 Å². The third kappa shape index (κ3) is 2.90. The number of amides is 2. The van der Waals surface area contributed by atoms with Crippen LogP contribution in [0.2, 0.25) is 5.02 Å². The van der Waals surface area contributed by atoms with Crippen LogP contribution in [0, 0.1) is 13.8 Å². The maximum atomic E-state index is 12.7. The molecule has 1 aliphatic rings. The number of halogens is 2. The third-order valence-electron chi connectivity index (χ3n) is 3.73. The molecule has 0 spiro atoms. The van der Waals surface area contributed by atoms with Crippen LogP contribution in [0.5, 0.6) is 0 Å². The van der Waals surface area contributed by atoms with Crippen molar-refractivity contribution in [2.75, 3.05) is 10.2 Å². The summed E-state index contributed by atoms with van der Waals surface area (Å²) in [5, 5.41) is 3.35. The number of nitrogens with zero attached hydrogens (tertiary/aromatic N) is 1. The summed E-state index contributed by atoms with van der Waals surface area (Å²) in [6.07, 6.45) is 0. The zero-order valence-electron chi connectivity index (χ0n) is 13.1. The molecule has 2 aromatic rings. The van der Waals surface area contributed by atoms with Gasteiger partial charge in [-0.3, -0.25) is 9.59 Å². The molecule has 0 aromatic heterocycles. The molecule has 122 valence electrons. The first-order valence-electron chi connectivity index (χ1n) is 7.27. The van der Waals surface area contributed by atoms with Gasteiger partial charge in [-0.25, -0.2) is 4.90 Å². The molecule has 24 heavy (non-hydrogen) atoms. The molecule has 0 fully saturated rings. The lowest BCUT2D eigenvalue weighted by Crippen LogP contribution is -2.32. The van der Waals surface area contributed by atoms with E-state index in [1.165, 1.54) is 0 Å². The fourth-order valence-electron chi connectivity index (χ4n) is 2.56. The Kier molecular flexibility index (Phi) is 4.35. The van der Waals surface area contributed by atoms with Crippen molar-refractivity contribution in [3.8, 4) is 0 Å². The van der Waals surface area contributed by atoms with Crippen LogP contribution in [0.15, 0.2) is 53.2 Å². The Hall–Kier alpha value is -2.30. The van der Waals surface area contributed by atoms with Gasteiger partial charge in [0.15, 0.2) is 0 Å². The van der Waals surface area contributed by atoms with E-state index < -0.39 is 11.8 Å². The normalized spacial score (nSPS) is 14.6. The average Bonchev–Trinajstić information content (AvgIpc) is 2.74. The maximum absolute atomic E-state index is 12.7. The van der Waals surface area contributed by atoms with Crippen molar-refractivity contribution in [2.24, 2.45) is 0 Å². The molecular weight excluding hydrogens is 347 g/mol. The van der Waals surface area contributed by atoms with Gasteiger partial charge in [-0.15, -0.1) is 0 Å². The van der Waals surface area contributed by atoms with E-state index in [1.807, 2.05) is 26.0 Å². The molecule has 6 heteroatoms. The van der Waals surface area contributed by atoms with E-state index >= 15 is 0 Å². The second kappa shape index (κ2) is 6.30. The molecule has 0 atom stereocenters. The number of hydrogen-bond acceptors (Lipinski definition) is 3. The molecule has 0 unspecified atom stereocenters. The highest BCUT2D eigenvalue weighted by atomic mass is 35.5. The van der Waals surface area contributed by atoms with Gasteiger partial charge in [0, 0.05) is 10.7 Å². The first-order valence-corrected chi connectivity index (χ1v) is 8.02. The van der Waals surface area contributed by atoms with Crippen LogP contribution < -0.4 is 10.2 Å². The van der Waals surface area contributed by atoms with Gasteiger partial charge in [0.2, 0.25) is 0 Å². The molecule has 0 aliphatic carbocycles. The second-order valence-electron chi connectivity index (χ2n) is 5.56. The van der Waals surface area contributed by atoms with Crippen LogP contribution in [0.4, 0.5) is 11.4 Å². The first kappa shape index (κ1) is 16.6. The zero-order chi connectivity index (χ0) is 17.4. The van der Waals surface area contributed by atoms with Gasteiger partial charge in [0.25, 0.3) is 11.8 Å². The largest absolute Gasteiger partial charge is 0.350 e. The van der Waals surface area contributed by atoms with Gasteiger partial charge in [0.1, 0.15) is 10.7 Å². The SMILES string of the molecule is Cc1ccc(N2C(=O)C(Cl)=C(Nc3ccc(Cl)cc3)C2=O)c(C)c1. The summed E-state index contributed by atoms with van der Waals surface area (Å²) >= 11 is 12.0. The third-order valence-corrected chi connectivity index (χ3v) is 4.34. The summed E-state index contributed by atoms with van der Waals surface area (Å²) < 4.78 is 0. The predicted octanol–water partition coefficient (Wildman–Crippen LogP) is 4.39. The van der Waals surface area contributed by atoms with Crippen molar-refractivity contribution in [2.45, 2.75) is 13.8 Å². The van der Waals surface area contributed by atoms with E-state index in [2.05, 4.69) is 5.32 Å². The summed E-state index contributed by atoms with van der Waals surface area (Å²) in [6.45, 7) is 3.80. The fourth-order valence-corrected chi connectivity index (χ4v) is 2.90. The van der Waals surface area contributed by atoms with Crippen LogP contribution in [0.1, 0.15) is 11.1 Å². The molecular formula is C18H14Cl2N2O2. The lowest BCUT2D eigenvalue weighted by atomic mass is 10.1. The smallest absolute Gasteiger partial charge is 0.283 e. The summed E-state index contributed by atoms with van der Waals surface area (Å²) in [7, 11) is 0. The number of anilines is 2. The van der Waals surface area contributed by atoms with Gasteiger partial charge in [-0.05, 0) is 49.7 Å². The van der Waals surface area contributed by atoms with Gasteiger partial charge in [0.05, 0.1) is 5.69 Å². The monoisotopic (exact) mass is 360 g/mol. The summed E-state index contributed by atoms with van der Waals surface area (Å²) in [4.78, 5) is 26.3. The maximum Gasteiger partial charge on any atom is 0.283 e. The second-order valence-corrected chi connectivity index (χ2v) is 6.37. The molecule has 0 saturated carbocycles. The zero-order valence-corrected chi connectivity index (χ0v) is 14.6. The minimum Gasteiger partial charge on any atom is -0.350 e. The Balaban J connectivity index is 1.94. The van der Waals surface area contributed by atoms with Crippen LogP contribution in [-0.4, -0.2) is 11.8 Å². The lowest BCUT2D eigenvalue weighted by Gasteiger charge is -2.18. The van der Waals surface area contributed by atoms with Gasteiger partial charge in [-0.2, -0.15) is 0 Å². The predicted molar refractivity (Wildman–Crippen MR) is 96.4 cm³/mol. The molecule has 1 aliphatic heterocycles. The molecule has 1 heterocycles. The fraction of sp³-hybridized carbons (Fsp3) is 0.111. The Bertz CT molecular complexity index is 873. The van der Waals surface area contributed by atoms with Crippen LogP contribution >= 0.6 is 23.2 Å². The van der Waals surface area contributed by atoms with Crippen molar-refractivity contribution in [1.29, 1.82) is 0 Å². The van der Waals surface area contributed by atoms with E-state index in [-0.39, 0.29) is 10.7 Å². The van der Waals surface area contributed by atoms with Crippen LogP contribution in [-0.2, 0) is 9.59 Å². The van der Waals surface area contributed by atoms with Gasteiger partial charge >= 0.3 is 0 Å². The molecule has 0 saturated heterocycles. The van der Waals surface area contributed by atoms with Crippen molar-refractivity contribution in [3.05, 3.63) is 69.3 Å². The number of aryl methyl sites for hydroxylation is 2. The number of hydrogen-bond donors (Lipinski definition) is 1. The molecule has 4 nitrogen and oxygen atoms in total. The molecule has 0 bridgehead atoms. The molecule has 2 aromatic carbocycles. The van der Waals surface area contributed by atoms with Crippen molar-refractivity contribution < 1.29 is 9.59 Å². The van der Waals surface area contributed by atoms with E-state index in [0.717, 1.165) is 16.0 Å². The number of carbonyl (C=O) groups excluding carboxylic acids is 2. The standard InChI is InChI=1S/C18H14Cl2N2O2/c1-10-3-8-14(11(2)9-10)22-17(23)15(20)16(18(22)24)21-13-6-4-12(19)5-7-13/h3-9,21H,1-2H3. The van der Waals surface area contributed by atoms with Crippen molar-refractivity contribution >= 4 is 46.4 Å². The highest BCUT2D eigenvalue weighted by Crippen LogP contribution is 2.32. The minimum atomic E-state index is -0.537. The van der Waals surface area contributed by atoms with E-state index in [0.29, 0.717) is 16.4 Å². The number of benzene rings is 2. The Morgan fingerprint density at radius 3 is 2.21 bits per heavy atom. The first-order chi connectivity index (χ1) is 11.4. The lowest BCUT2D eigenvalue weighted by molar-refractivity contribution is -0.120. The Labute approximate surface area is 149 Å². The molecule has 3 rings (SSSR count). The number of carbonyl (C=O) groups is 2. The minimum absolute atomic E-state index is 0.0592. The Morgan fingerprint density at radius 1 is 0.917 bits per heavy atom. The summed E-state index contributed by atoms with van der Waals surface area (Å²) in [5.74, 6) is -1.02. The van der Waals surface area contributed by atoms with Gasteiger partial charge < -0.3 is 5.32 Å². The average molecular weight is 361 g/mol. The van der Waals surface area contributed by atoms with Crippen LogP contribution in [0.25, 0.3) is 0 Å². The number of imide groups is 1. The van der Waals surface area contributed by atoms with Gasteiger partial charge in [-0.1, -0.05) is 40.9 Å².